The highest BCUT2D eigenvalue weighted by molar-refractivity contribution is 8.38. The van der Waals surface area contributed by atoms with Crippen molar-refractivity contribution < 1.29 is 14.3 Å². The lowest BCUT2D eigenvalue weighted by Gasteiger charge is -2.33. The van der Waals surface area contributed by atoms with Crippen LogP contribution in [-0.2, 0) is 15.3 Å². The van der Waals surface area contributed by atoms with Gasteiger partial charge in [0.15, 0.2) is 6.61 Å². The molecule has 0 unspecified atom stereocenters. The van der Waals surface area contributed by atoms with E-state index in [2.05, 4.69) is 31.1 Å². The van der Waals surface area contributed by atoms with E-state index in [0.717, 1.165) is 28.7 Å². The number of amides is 1. The molecule has 0 bridgehead atoms. The molecule has 0 fully saturated rings. The maximum atomic E-state index is 12.5. The average molecular weight is 423 g/mol. The third-order valence-corrected chi connectivity index (χ3v) is 6.23. The highest BCUT2D eigenvalue weighted by atomic mass is 32.2. The summed E-state index contributed by atoms with van der Waals surface area (Å²) in [5.41, 5.74) is 1.11. The summed E-state index contributed by atoms with van der Waals surface area (Å²) in [5.74, 6) is 0.918. The summed E-state index contributed by atoms with van der Waals surface area (Å²) in [4.78, 5) is 29.2. The Morgan fingerprint density at radius 1 is 1.21 bits per heavy atom. The van der Waals surface area contributed by atoms with Gasteiger partial charge in [0.05, 0.1) is 12.1 Å². The topological polar surface area (TPSA) is 67.8 Å². The molecule has 2 rings (SSSR count). The molecule has 0 saturated carbocycles. The molecule has 0 atom stereocenters. The predicted octanol–water partition coefficient (Wildman–Crippen LogP) is 4.51. The van der Waals surface area contributed by atoms with Crippen molar-refractivity contribution in [2.45, 2.75) is 52.3 Å². The average Bonchev–Trinajstić information content (AvgIpc) is 3.09. The van der Waals surface area contributed by atoms with E-state index in [1.807, 2.05) is 26.0 Å². The van der Waals surface area contributed by atoms with Gasteiger partial charge in [-0.3, -0.25) is 9.79 Å². The smallest absolute Gasteiger partial charge is 0.338 e. The Kier molecular flexibility index (Phi) is 8.01. The fourth-order valence-electron chi connectivity index (χ4n) is 3.38. The second-order valence-electron chi connectivity index (χ2n) is 8.69. The third kappa shape index (κ3) is 7.87. The second-order valence-corrected chi connectivity index (χ2v) is 11.0. The van der Waals surface area contributed by atoms with Crippen LogP contribution in [0.1, 0.15) is 57.0 Å². The molecule has 5 nitrogen and oxygen atoms in total. The highest BCUT2D eigenvalue weighted by Gasteiger charge is 2.27. The monoisotopic (exact) mass is 422 g/mol. The van der Waals surface area contributed by atoms with Crippen LogP contribution in [0.15, 0.2) is 29.3 Å². The number of hydrogen-bond acceptors (Lipinski definition) is 6. The maximum Gasteiger partial charge on any atom is 0.338 e. The molecule has 1 heterocycles. The summed E-state index contributed by atoms with van der Waals surface area (Å²) in [5, 5.41) is 2.96. The first-order valence-corrected chi connectivity index (χ1v) is 11.4. The number of ether oxygens (including phenoxy) is 1. The van der Waals surface area contributed by atoms with Gasteiger partial charge in [-0.15, -0.1) is 0 Å². The van der Waals surface area contributed by atoms with Crippen molar-refractivity contribution >= 4 is 39.8 Å². The summed E-state index contributed by atoms with van der Waals surface area (Å²) in [7, 11) is 0. The van der Waals surface area contributed by atoms with Crippen molar-refractivity contribution in [2.75, 3.05) is 18.9 Å². The van der Waals surface area contributed by atoms with E-state index >= 15 is 0 Å². The molecule has 1 amide bonds. The standard InChI is InChI=1S/C21H30N2O3S2/c1-20(2,3)14-21(4,5)23-17(24)12-26-18(25)16-9-7-6-8-15(16)13-28-19-22-10-11-27-19/h6-9H,10-14H2,1-5H3,(H,23,24). The molecule has 0 radical (unpaired) electrons. The Bertz CT molecular complexity index is 739. The number of benzene rings is 1. The molecular formula is C21H30N2O3S2. The number of carbonyl (C=O) groups is 2. The number of hydrogen-bond donors (Lipinski definition) is 1. The number of nitrogens with zero attached hydrogens (tertiary/aromatic N) is 1. The summed E-state index contributed by atoms with van der Waals surface area (Å²) in [6.07, 6.45) is 0.821. The largest absolute Gasteiger partial charge is 0.452 e. The van der Waals surface area contributed by atoms with Crippen LogP contribution in [0.25, 0.3) is 0 Å². The lowest BCUT2D eigenvalue weighted by atomic mass is 9.82. The van der Waals surface area contributed by atoms with E-state index < -0.39 is 5.97 Å². The molecule has 0 spiro atoms. The van der Waals surface area contributed by atoms with Crippen molar-refractivity contribution in [3.63, 3.8) is 0 Å². The first-order chi connectivity index (χ1) is 13.1. The van der Waals surface area contributed by atoms with Gasteiger partial charge in [0.1, 0.15) is 4.38 Å². The lowest BCUT2D eigenvalue weighted by molar-refractivity contribution is -0.126. The number of thioether (sulfide) groups is 2. The third-order valence-electron chi connectivity index (χ3n) is 3.93. The van der Waals surface area contributed by atoms with Gasteiger partial charge in [-0.2, -0.15) is 0 Å². The van der Waals surface area contributed by atoms with Crippen molar-refractivity contribution in [3.8, 4) is 0 Å². The Morgan fingerprint density at radius 2 is 1.93 bits per heavy atom. The van der Waals surface area contributed by atoms with E-state index in [4.69, 9.17) is 4.74 Å². The van der Waals surface area contributed by atoms with Gasteiger partial charge in [-0.05, 0) is 37.3 Å². The van der Waals surface area contributed by atoms with Crippen LogP contribution in [0, 0.1) is 5.41 Å². The zero-order chi connectivity index (χ0) is 20.8. The van der Waals surface area contributed by atoms with Gasteiger partial charge < -0.3 is 10.1 Å². The van der Waals surface area contributed by atoms with Gasteiger partial charge in [-0.25, -0.2) is 4.79 Å². The lowest BCUT2D eigenvalue weighted by Crippen LogP contribution is -2.47. The molecule has 0 aliphatic carbocycles. The minimum absolute atomic E-state index is 0.0892. The Morgan fingerprint density at radius 3 is 2.57 bits per heavy atom. The van der Waals surface area contributed by atoms with Crippen molar-refractivity contribution in [3.05, 3.63) is 35.4 Å². The number of carbonyl (C=O) groups excluding carboxylic acids is 2. The zero-order valence-corrected chi connectivity index (χ0v) is 19.0. The molecule has 1 aliphatic heterocycles. The van der Waals surface area contributed by atoms with E-state index in [-0.39, 0.29) is 23.5 Å². The van der Waals surface area contributed by atoms with E-state index in [1.165, 1.54) is 0 Å². The number of esters is 1. The molecule has 1 aliphatic rings. The molecule has 7 heteroatoms. The van der Waals surface area contributed by atoms with Gasteiger partial charge >= 0.3 is 5.97 Å². The molecule has 154 valence electrons. The number of aliphatic imine (C=N–C) groups is 1. The van der Waals surface area contributed by atoms with Gasteiger partial charge in [0.25, 0.3) is 5.91 Å². The van der Waals surface area contributed by atoms with Crippen molar-refractivity contribution in [1.82, 2.24) is 5.32 Å². The van der Waals surface area contributed by atoms with Crippen molar-refractivity contribution in [2.24, 2.45) is 10.4 Å². The first-order valence-electron chi connectivity index (χ1n) is 9.42. The number of nitrogens with one attached hydrogen (secondary N) is 1. The van der Waals surface area contributed by atoms with Gasteiger partial charge in [-0.1, -0.05) is 62.5 Å². The van der Waals surface area contributed by atoms with E-state index in [1.54, 1.807) is 35.7 Å². The fraction of sp³-hybridized carbons (Fsp3) is 0.571. The van der Waals surface area contributed by atoms with Crippen molar-refractivity contribution in [1.29, 1.82) is 0 Å². The predicted molar refractivity (Wildman–Crippen MR) is 119 cm³/mol. The Labute approximate surface area is 176 Å². The Hall–Kier alpha value is -1.47. The molecular weight excluding hydrogens is 392 g/mol. The molecule has 0 saturated heterocycles. The Balaban J connectivity index is 1.89. The van der Waals surface area contributed by atoms with Crippen LogP contribution in [0.3, 0.4) is 0 Å². The fourth-order valence-corrected chi connectivity index (χ4v) is 5.39. The van der Waals surface area contributed by atoms with Crippen LogP contribution >= 0.6 is 23.5 Å². The molecule has 1 N–H and O–H groups in total. The van der Waals surface area contributed by atoms with Crippen LogP contribution in [0.2, 0.25) is 0 Å². The minimum atomic E-state index is -0.471. The summed E-state index contributed by atoms with van der Waals surface area (Å²) in [6, 6.07) is 7.36. The summed E-state index contributed by atoms with van der Waals surface area (Å²) in [6.45, 7) is 10.9. The summed E-state index contributed by atoms with van der Waals surface area (Å²) >= 11 is 3.37. The zero-order valence-electron chi connectivity index (χ0n) is 17.3. The normalized spacial score (nSPS) is 14.5. The van der Waals surface area contributed by atoms with Gasteiger partial charge in [0.2, 0.25) is 0 Å². The van der Waals surface area contributed by atoms with Crippen LogP contribution in [0.5, 0.6) is 0 Å². The van der Waals surface area contributed by atoms with Crippen LogP contribution in [-0.4, -0.2) is 40.7 Å². The van der Waals surface area contributed by atoms with Crippen LogP contribution in [0.4, 0.5) is 0 Å². The summed E-state index contributed by atoms with van der Waals surface area (Å²) < 4.78 is 6.34. The molecule has 1 aromatic carbocycles. The maximum absolute atomic E-state index is 12.5. The van der Waals surface area contributed by atoms with Gasteiger partial charge in [0, 0.05) is 17.0 Å². The molecule has 0 aromatic heterocycles. The van der Waals surface area contributed by atoms with E-state index in [0.29, 0.717) is 11.3 Å². The minimum Gasteiger partial charge on any atom is -0.452 e. The molecule has 28 heavy (non-hydrogen) atoms. The second kappa shape index (κ2) is 9.83. The SMILES string of the molecule is CC(C)(C)CC(C)(C)NC(=O)COC(=O)c1ccccc1CSC1=NCCS1. The van der Waals surface area contributed by atoms with Crippen LogP contribution < -0.4 is 5.32 Å². The number of rotatable bonds is 7. The highest BCUT2D eigenvalue weighted by Crippen LogP contribution is 2.27. The first kappa shape index (κ1) is 22.8. The quantitative estimate of drug-likeness (QED) is 0.655. The van der Waals surface area contributed by atoms with E-state index in [9.17, 15) is 9.59 Å². The molecule has 1 aromatic rings.